The van der Waals surface area contributed by atoms with Gasteiger partial charge in [-0.2, -0.15) is 5.26 Å². The highest BCUT2D eigenvalue weighted by Gasteiger charge is 2.03. The van der Waals surface area contributed by atoms with E-state index < -0.39 is 0 Å². The van der Waals surface area contributed by atoms with Crippen molar-refractivity contribution in [1.29, 1.82) is 5.26 Å². The molecule has 2 aromatic rings. The molecule has 17 heavy (non-hydrogen) atoms. The third kappa shape index (κ3) is 2.64. The van der Waals surface area contributed by atoms with Gasteiger partial charge in [0, 0.05) is 24.7 Å². The average Bonchev–Trinajstić information content (AvgIpc) is 2.77. The van der Waals surface area contributed by atoms with Crippen LogP contribution < -0.4 is 5.32 Å². The van der Waals surface area contributed by atoms with Crippen molar-refractivity contribution in [3.63, 3.8) is 0 Å². The predicted molar refractivity (Wildman–Crippen MR) is 65.2 cm³/mol. The van der Waals surface area contributed by atoms with E-state index in [2.05, 4.69) is 5.32 Å². The lowest BCUT2D eigenvalue weighted by Crippen LogP contribution is -2.24. The highest BCUT2D eigenvalue weighted by Crippen LogP contribution is 2.15. The lowest BCUT2D eigenvalue weighted by atomic mass is 10.2. The topological polar surface area (TPSA) is 57.8 Å². The van der Waals surface area contributed by atoms with Crippen molar-refractivity contribution in [2.24, 2.45) is 0 Å². The SMILES string of the molecule is N#CCNC(=O)CCn1ccc2ccccc21. The highest BCUT2D eigenvalue weighted by molar-refractivity contribution is 5.80. The van der Waals surface area contributed by atoms with Gasteiger partial charge < -0.3 is 9.88 Å². The molecule has 0 bridgehead atoms. The van der Waals surface area contributed by atoms with Gasteiger partial charge in [-0.1, -0.05) is 18.2 Å². The van der Waals surface area contributed by atoms with Gasteiger partial charge in [-0.25, -0.2) is 0 Å². The molecule has 0 saturated carbocycles. The molecule has 2 rings (SSSR count). The van der Waals surface area contributed by atoms with Gasteiger partial charge in [-0.05, 0) is 17.5 Å². The second kappa shape index (κ2) is 5.17. The number of benzene rings is 1. The van der Waals surface area contributed by atoms with Crippen molar-refractivity contribution in [3.05, 3.63) is 36.5 Å². The molecule has 0 aliphatic carbocycles. The van der Waals surface area contributed by atoms with Gasteiger partial charge in [-0.15, -0.1) is 0 Å². The fourth-order valence-electron chi connectivity index (χ4n) is 1.78. The number of amides is 1. The average molecular weight is 227 g/mol. The molecule has 1 heterocycles. The number of nitriles is 1. The largest absolute Gasteiger partial charge is 0.347 e. The van der Waals surface area contributed by atoms with Crippen molar-refractivity contribution in [2.45, 2.75) is 13.0 Å². The van der Waals surface area contributed by atoms with Crippen LogP contribution in [-0.4, -0.2) is 17.0 Å². The number of hydrogen-bond acceptors (Lipinski definition) is 2. The highest BCUT2D eigenvalue weighted by atomic mass is 16.1. The van der Waals surface area contributed by atoms with E-state index >= 15 is 0 Å². The maximum Gasteiger partial charge on any atom is 0.222 e. The van der Waals surface area contributed by atoms with Crippen molar-refractivity contribution in [1.82, 2.24) is 9.88 Å². The number of carbonyl (C=O) groups excluding carboxylic acids is 1. The Balaban J connectivity index is 2.00. The molecule has 0 aliphatic rings. The third-order valence-electron chi connectivity index (χ3n) is 2.62. The van der Waals surface area contributed by atoms with Crippen LogP contribution in [0.15, 0.2) is 36.5 Å². The van der Waals surface area contributed by atoms with Crippen molar-refractivity contribution in [2.75, 3.05) is 6.54 Å². The minimum absolute atomic E-state index is 0.0747. The number of aryl methyl sites for hydroxylation is 1. The van der Waals surface area contributed by atoms with Gasteiger partial charge in [-0.3, -0.25) is 4.79 Å². The van der Waals surface area contributed by atoms with Crippen LogP contribution in [0.5, 0.6) is 0 Å². The number of nitrogens with one attached hydrogen (secondary N) is 1. The molecule has 1 amide bonds. The fraction of sp³-hybridized carbons (Fsp3) is 0.231. The summed E-state index contributed by atoms with van der Waals surface area (Å²) in [4.78, 5) is 11.4. The molecule has 0 unspecified atom stereocenters. The zero-order valence-electron chi connectivity index (χ0n) is 9.39. The van der Waals surface area contributed by atoms with Crippen LogP contribution in [0.1, 0.15) is 6.42 Å². The normalized spacial score (nSPS) is 10.1. The number of para-hydroxylation sites is 1. The molecular weight excluding hydrogens is 214 g/mol. The van der Waals surface area contributed by atoms with Gasteiger partial charge in [0.25, 0.3) is 0 Å². The van der Waals surface area contributed by atoms with E-state index in [0.29, 0.717) is 13.0 Å². The molecule has 0 saturated heterocycles. The van der Waals surface area contributed by atoms with Crippen molar-refractivity contribution in [3.8, 4) is 6.07 Å². The molecule has 0 fully saturated rings. The van der Waals surface area contributed by atoms with E-state index in [0.717, 1.165) is 5.52 Å². The summed E-state index contributed by atoms with van der Waals surface area (Å²) >= 11 is 0. The number of hydrogen-bond donors (Lipinski definition) is 1. The van der Waals surface area contributed by atoms with Crippen LogP contribution in [0.4, 0.5) is 0 Å². The van der Waals surface area contributed by atoms with Gasteiger partial charge in [0.2, 0.25) is 5.91 Å². The number of carbonyl (C=O) groups is 1. The Morgan fingerprint density at radius 2 is 2.18 bits per heavy atom. The fourth-order valence-corrected chi connectivity index (χ4v) is 1.78. The Hall–Kier alpha value is -2.28. The maximum atomic E-state index is 11.4. The maximum absolute atomic E-state index is 11.4. The first-order valence-electron chi connectivity index (χ1n) is 5.49. The number of aromatic nitrogens is 1. The summed E-state index contributed by atoms with van der Waals surface area (Å²) < 4.78 is 2.04. The first-order chi connectivity index (χ1) is 8.31. The van der Waals surface area contributed by atoms with Crippen LogP contribution >= 0.6 is 0 Å². The third-order valence-corrected chi connectivity index (χ3v) is 2.62. The first kappa shape index (κ1) is 11.2. The Morgan fingerprint density at radius 1 is 1.35 bits per heavy atom. The van der Waals surface area contributed by atoms with Crippen molar-refractivity contribution >= 4 is 16.8 Å². The summed E-state index contributed by atoms with van der Waals surface area (Å²) in [6.45, 7) is 0.704. The Morgan fingerprint density at radius 3 is 3.00 bits per heavy atom. The lowest BCUT2D eigenvalue weighted by Gasteiger charge is -2.04. The molecule has 0 spiro atoms. The van der Waals surface area contributed by atoms with Gasteiger partial charge in [0.05, 0.1) is 6.07 Å². The monoisotopic (exact) mass is 227 g/mol. The molecular formula is C13H13N3O. The Bertz CT molecular complexity index is 565. The second-order valence-electron chi connectivity index (χ2n) is 3.75. The van der Waals surface area contributed by atoms with Crippen molar-refractivity contribution < 1.29 is 4.79 Å². The molecule has 1 aromatic carbocycles. The van der Waals surface area contributed by atoms with Gasteiger partial charge >= 0.3 is 0 Å². The van der Waals surface area contributed by atoms with Crippen LogP contribution in [-0.2, 0) is 11.3 Å². The summed E-state index contributed by atoms with van der Waals surface area (Å²) in [6.07, 6.45) is 2.36. The smallest absolute Gasteiger partial charge is 0.222 e. The van der Waals surface area contributed by atoms with E-state index in [-0.39, 0.29) is 12.5 Å². The zero-order valence-corrected chi connectivity index (χ0v) is 9.39. The number of fused-ring (bicyclic) bond motifs is 1. The molecule has 0 atom stereocenters. The van der Waals surface area contributed by atoms with E-state index in [1.165, 1.54) is 5.39 Å². The molecule has 1 N–H and O–H groups in total. The quantitative estimate of drug-likeness (QED) is 0.808. The molecule has 0 radical (unpaired) electrons. The van der Waals surface area contributed by atoms with E-state index in [1.807, 2.05) is 47.2 Å². The summed E-state index contributed by atoms with van der Waals surface area (Å²) in [5.74, 6) is -0.0932. The molecule has 1 aromatic heterocycles. The van der Waals surface area contributed by atoms with Crippen LogP contribution in [0.2, 0.25) is 0 Å². The second-order valence-corrected chi connectivity index (χ2v) is 3.75. The Labute approximate surface area is 99.5 Å². The van der Waals surface area contributed by atoms with E-state index in [1.54, 1.807) is 0 Å². The summed E-state index contributed by atoms with van der Waals surface area (Å²) in [5, 5.41) is 12.0. The molecule has 86 valence electrons. The molecule has 4 nitrogen and oxygen atoms in total. The Kier molecular flexibility index (Phi) is 3.41. The van der Waals surface area contributed by atoms with Crippen LogP contribution in [0, 0.1) is 11.3 Å². The number of rotatable bonds is 4. The lowest BCUT2D eigenvalue weighted by molar-refractivity contribution is -0.121. The summed E-state index contributed by atoms with van der Waals surface area (Å²) in [6, 6.07) is 12.0. The first-order valence-corrected chi connectivity index (χ1v) is 5.49. The zero-order chi connectivity index (χ0) is 12.1. The van der Waals surface area contributed by atoms with Crippen LogP contribution in [0.25, 0.3) is 10.9 Å². The van der Waals surface area contributed by atoms with Gasteiger partial charge in [0.15, 0.2) is 0 Å². The number of nitrogens with zero attached hydrogens (tertiary/aromatic N) is 2. The standard InChI is InChI=1S/C13H13N3O/c14-7-8-15-13(17)6-10-16-9-5-11-3-1-2-4-12(11)16/h1-5,9H,6,8,10H2,(H,15,17). The van der Waals surface area contributed by atoms with Gasteiger partial charge in [0.1, 0.15) is 6.54 Å². The van der Waals surface area contributed by atoms with E-state index in [9.17, 15) is 4.79 Å². The predicted octanol–water partition coefficient (Wildman–Crippen LogP) is 1.67. The summed E-state index contributed by atoms with van der Waals surface area (Å²) in [5.41, 5.74) is 1.13. The summed E-state index contributed by atoms with van der Waals surface area (Å²) in [7, 11) is 0. The van der Waals surface area contributed by atoms with Crippen LogP contribution in [0.3, 0.4) is 0 Å². The molecule has 0 aliphatic heterocycles. The minimum atomic E-state index is -0.0932. The van der Waals surface area contributed by atoms with E-state index in [4.69, 9.17) is 5.26 Å². The molecule has 4 heteroatoms. The minimum Gasteiger partial charge on any atom is -0.347 e.